The van der Waals surface area contributed by atoms with Gasteiger partial charge in [0.1, 0.15) is 11.6 Å². The van der Waals surface area contributed by atoms with E-state index < -0.39 is 11.8 Å². The molecule has 20 heavy (non-hydrogen) atoms. The highest BCUT2D eigenvalue weighted by molar-refractivity contribution is 5.90. The van der Waals surface area contributed by atoms with Crippen molar-refractivity contribution in [3.63, 3.8) is 0 Å². The van der Waals surface area contributed by atoms with Crippen LogP contribution in [-0.4, -0.2) is 24.5 Å². The molecule has 0 bridgehead atoms. The van der Waals surface area contributed by atoms with Crippen LogP contribution in [0.25, 0.3) is 11.1 Å². The number of halogens is 1. The number of carbonyl (C=O) groups excluding carboxylic acids is 2. The molecule has 0 radical (unpaired) electrons. The number of rotatable bonds is 3. The van der Waals surface area contributed by atoms with Crippen LogP contribution < -0.4 is 0 Å². The van der Waals surface area contributed by atoms with Crippen LogP contribution in [0.1, 0.15) is 20.7 Å². The summed E-state index contributed by atoms with van der Waals surface area (Å²) in [5.74, 6) is -1.42. The summed E-state index contributed by atoms with van der Waals surface area (Å²) in [7, 11) is 1.21. The smallest absolute Gasteiger partial charge is 0.337 e. The SMILES string of the molecule is COC(=O)c1ccc(-c2ccc(O)c(C=O)c2)c(F)c1. The first-order chi connectivity index (χ1) is 9.56. The van der Waals surface area contributed by atoms with Crippen molar-refractivity contribution in [1.29, 1.82) is 0 Å². The third kappa shape index (κ3) is 2.51. The second-order valence-electron chi connectivity index (χ2n) is 4.08. The first kappa shape index (κ1) is 13.7. The Morgan fingerprint density at radius 2 is 2.00 bits per heavy atom. The highest BCUT2D eigenvalue weighted by atomic mass is 19.1. The second kappa shape index (κ2) is 5.52. The molecular weight excluding hydrogens is 263 g/mol. The third-order valence-electron chi connectivity index (χ3n) is 2.86. The van der Waals surface area contributed by atoms with Gasteiger partial charge < -0.3 is 9.84 Å². The Hall–Kier alpha value is -2.69. The minimum Gasteiger partial charge on any atom is -0.507 e. The van der Waals surface area contributed by atoms with E-state index in [2.05, 4.69) is 4.74 Å². The monoisotopic (exact) mass is 274 g/mol. The molecule has 2 aromatic carbocycles. The van der Waals surface area contributed by atoms with Crippen molar-refractivity contribution in [2.75, 3.05) is 7.11 Å². The topological polar surface area (TPSA) is 63.6 Å². The van der Waals surface area contributed by atoms with E-state index in [0.29, 0.717) is 11.8 Å². The molecule has 2 rings (SSSR count). The highest BCUT2D eigenvalue weighted by Gasteiger charge is 2.12. The fraction of sp³-hybridized carbons (Fsp3) is 0.0667. The lowest BCUT2D eigenvalue weighted by molar-refractivity contribution is 0.0600. The van der Waals surface area contributed by atoms with Gasteiger partial charge in [-0.3, -0.25) is 4.79 Å². The molecule has 0 amide bonds. The minimum absolute atomic E-state index is 0.0685. The lowest BCUT2D eigenvalue weighted by atomic mass is 10.0. The average Bonchev–Trinajstić information content (AvgIpc) is 2.47. The van der Waals surface area contributed by atoms with Gasteiger partial charge in [0.05, 0.1) is 18.2 Å². The second-order valence-corrected chi connectivity index (χ2v) is 4.08. The Balaban J connectivity index is 2.48. The summed E-state index contributed by atoms with van der Waals surface area (Å²) in [6.07, 6.45) is 0.486. The molecule has 0 heterocycles. The Morgan fingerprint density at radius 3 is 2.60 bits per heavy atom. The van der Waals surface area contributed by atoms with Gasteiger partial charge in [-0.05, 0) is 29.8 Å². The molecule has 0 aliphatic carbocycles. The molecule has 0 spiro atoms. The first-order valence-corrected chi connectivity index (χ1v) is 5.73. The molecule has 0 aliphatic heterocycles. The third-order valence-corrected chi connectivity index (χ3v) is 2.86. The van der Waals surface area contributed by atoms with Crippen molar-refractivity contribution in [2.45, 2.75) is 0 Å². The number of benzene rings is 2. The van der Waals surface area contributed by atoms with E-state index in [1.54, 1.807) is 0 Å². The number of carbonyl (C=O) groups is 2. The zero-order valence-corrected chi connectivity index (χ0v) is 10.6. The fourth-order valence-corrected chi connectivity index (χ4v) is 1.81. The average molecular weight is 274 g/mol. The maximum atomic E-state index is 14.0. The predicted molar refractivity (Wildman–Crippen MR) is 70.2 cm³/mol. The van der Waals surface area contributed by atoms with Crippen molar-refractivity contribution in [1.82, 2.24) is 0 Å². The molecule has 0 aromatic heterocycles. The van der Waals surface area contributed by atoms with Crippen LogP contribution in [0.4, 0.5) is 4.39 Å². The van der Waals surface area contributed by atoms with E-state index in [1.165, 1.54) is 37.4 Å². The molecule has 0 aliphatic rings. The number of hydrogen-bond donors (Lipinski definition) is 1. The van der Waals surface area contributed by atoms with E-state index >= 15 is 0 Å². The van der Waals surface area contributed by atoms with Crippen molar-refractivity contribution < 1.29 is 23.8 Å². The number of hydrogen-bond acceptors (Lipinski definition) is 4. The number of esters is 1. The molecule has 5 heteroatoms. The first-order valence-electron chi connectivity index (χ1n) is 5.73. The summed E-state index contributed by atoms with van der Waals surface area (Å²) in [4.78, 5) is 22.1. The highest BCUT2D eigenvalue weighted by Crippen LogP contribution is 2.27. The van der Waals surface area contributed by atoms with E-state index in [9.17, 15) is 19.1 Å². The molecule has 102 valence electrons. The Morgan fingerprint density at radius 1 is 1.25 bits per heavy atom. The van der Waals surface area contributed by atoms with Gasteiger partial charge in [0, 0.05) is 5.56 Å². The summed E-state index contributed by atoms with van der Waals surface area (Å²) in [5, 5.41) is 9.41. The van der Waals surface area contributed by atoms with Gasteiger partial charge in [-0.2, -0.15) is 0 Å². The maximum absolute atomic E-state index is 14.0. The van der Waals surface area contributed by atoms with Gasteiger partial charge in [0.25, 0.3) is 0 Å². The number of aromatic hydroxyl groups is 1. The predicted octanol–water partition coefficient (Wildman–Crippen LogP) is 2.80. The van der Waals surface area contributed by atoms with Crippen LogP contribution >= 0.6 is 0 Å². The number of methoxy groups -OCH3 is 1. The Kier molecular flexibility index (Phi) is 3.79. The zero-order valence-electron chi connectivity index (χ0n) is 10.6. The summed E-state index contributed by atoms with van der Waals surface area (Å²) in [6.45, 7) is 0. The minimum atomic E-state index is -0.630. The van der Waals surface area contributed by atoms with E-state index in [1.807, 2.05) is 0 Å². The lowest BCUT2D eigenvalue weighted by Crippen LogP contribution is -2.02. The molecule has 0 saturated carbocycles. The van der Waals surface area contributed by atoms with Crippen LogP contribution in [0.5, 0.6) is 5.75 Å². The van der Waals surface area contributed by atoms with Crippen molar-refractivity contribution in [3.05, 3.63) is 53.3 Å². The number of aldehydes is 1. The molecule has 0 saturated heterocycles. The van der Waals surface area contributed by atoms with Gasteiger partial charge in [0.15, 0.2) is 6.29 Å². The van der Waals surface area contributed by atoms with Crippen molar-refractivity contribution in [3.8, 4) is 16.9 Å². The van der Waals surface area contributed by atoms with Crippen LogP contribution in [-0.2, 0) is 4.74 Å². The van der Waals surface area contributed by atoms with E-state index in [-0.39, 0.29) is 22.4 Å². The normalized spacial score (nSPS) is 10.1. The molecule has 2 aromatic rings. The molecule has 1 N–H and O–H groups in total. The summed E-state index contributed by atoms with van der Waals surface area (Å²) >= 11 is 0. The lowest BCUT2D eigenvalue weighted by Gasteiger charge is -2.07. The molecular formula is C15H11FO4. The van der Waals surface area contributed by atoms with E-state index in [4.69, 9.17) is 0 Å². The van der Waals surface area contributed by atoms with Crippen LogP contribution in [0.3, 0.4) is 0 Å². The van der Waals surface area contributed by atoms with Crippen molar-refractivity contribution in [2.24, 2.45) is 0 Å². The van der Waals surface area contributed by atoms with Crippen molar-refractivity contribution >= 4 is 12.3 Å². The number of phenols is 1. The molecule has 0 fully saturated rings. The van der Waals surface area contributed by atoms with Crippen LogP contribution in [0.2, 0.25) is 0 Å². The Labute approximate surface area is 114 Å². The molecule has 0 atom stereocenters. The molecule has 4 nitrogen and oxygen atoms in total. The zero-order chi connectivity index (χ0) is 14.7. The number of ether oxygens (including phenoxy) is 1. The Bertz CT molecular complexity index is 680. The largest absolute Gasteiger partial charge is 0.507 e. The van der Waals surface area contributed by atoms with E-state index in [0.717, 1.165) is 6.07 Å². The summed E-state index contributed by atoms with van der Waals surface area (Å²) in [6, 6.07) is 8.08. The van der Waals surface area contributed by atoms with Gasteiger partial charge in [0.2, 0.25) is 0 Å². The summed E-state index contributed by atoms with van der Waals surface area (Å²) in [5.41, 5.74) is 0.821. The van der Waals surface area contributed by atoms with Gasteiger partial charge in [-0.25, -0.2) is 9.18 Å². The number of phenolic OH excluding ortho intramolecular Hbond substituents is 1. The molecule has 0 unspecified atom stereocenters. The van der Waals surface area contributed by atoms with Gasteiger partial charge in [-0.15, -0.1) is 0 Å². The van der Waals surface area contributed by atoms with Gasteiger partial charge >= 0.3 is 5.97 Å². The quantitative estimate of drug-likeness (QED) is 0.690. The van der Waals surface area contributed by atoms with Crippen LogP contribution in [0.15, 0.2) is 36.4 Å². The fourth-order valence-electron chi connectivity index (χ4n) is 1.81. The maximum Gasteiger partial charge on any atom is 0.337 e. The summed E-state index contributed by atoms with van der Waals surface area (Å²) < 4.78 is 18.5. The van der Waals surface area contributed by atoms with Crippen LogP contribution in [0, 0.1) is 5.82 Å². The van der Waals surface area contributed by atoms with Gasteiger partial charge in [-0.1, -0.05) is 12.1 Å². The standard InChI is InChI=1S/C15H11FO4/c1-20-15(19)10-2-4-12(13(16)7-10)9-3-5-14(18)11(6-9)8-17/h2-8,18H,1H3.